The number of carbonyl (C=O) groups is 1. The van der Waals surface area contributed by atoms with Crippen LogP contribution in [-0.4, -0.2) is 64.2 Å². The largest absolute Gasteiger partial charge is 0.373 e. The molecule has 0 spiro atoms. The van der Waals surface area contributed by atoms with Gasteiger partial charge in [0.1, 0.15) is 5.82 Å². The second-order valence-electron chi connectivity index (χ2n) is 6.06. The van der Waals surface area contributed by atoms with E-state index in [2.05, 4.69) is 15.6 Å². The molecule has 1 aromatic carbocycles. The summed E-state index contributed by atoms with van der Waals surface area (Å²) in [5, 5.41) is 11.2. The smallest absolute Gasteiger partial charge is 0.276 e. The van der Waals surface area contributed by atoms with E-state index in [1.54, 1.807) is 16.9 Å². The molecular weight excluding hydrogens is 313 g/mol. The van der Waals surface area contributed by atoms with Crippen LogP contribution in [0.1, 0.15) is 16.1 Å². The number of benzene rings is 1. The topological polar surface area (TPSA) is 72.3 Å². The van der Waals surface area contributed by atoms with E-state index >= 15 is 0 Å². The minimum Gasteiger partial charge on any atom is -0.373 e. The highest BCUT2D eigenvalue weighted by atomic mass is 19.1. The summed E-state index contributed by atoms with van der Waals surface area (Å²) >= 11 is 0. The number of amides is 1. The quantitative estimate of drug-likeness (QED) is 0.875. The van der Waals surface area contributed by atoms with Crippen molar-refractivity contribution in [1.29, 1.82) is 0 Å². The molecule has 0 radical (unpaired) electrons. The van der Waals surface area contributed by atoms with Gasteiger partial charge in [0.2, 0.25) is 0 Å². The molecule has 8 heteroatoms. The SMILES string of the molecule is O=C(c1cn(Cc2cccc(F)c2)nn1)N1CCO[C@H]2CNC[C@H]21. The molecule has 0 aliphatic carbocycles. The maximum atomic E-state index is 13.2. The summed E-state index contributed by atoms with van der Waals surface area (Å²) in [6.07, 6.45) is 1.66. The third-order valence-electron chi connectivity index (χ3n) is 4.44. The van der Waals surface area contributed by atoms with Crippen molar-refractivity contribution < 1.29 is 13.9 Å². The fourth-order valence-electron chi connectivity index (χ4n) is 3.29. The van der Waals surface area contributed by atoms with E-state index in [4.69, 9.17) is 4.74 Å². The minimum atomic E-state index is -0.294. The van der Waals surface area contributed by atoms with Gasteiger partial charge in [0, 0.05) is 19.6 Å². The maximum absolute atomic E-state index is 13.2. The molecule has 0 saturated carbocycles. The number of aromatic nitrogens is 3. The molecule has 0 bridgehead atoms. The molecule has 24 heavy (non-hydrogen) atoms. The van der Waals surface area contributed by atoms with Gasteiger partial charge in [0.05, 0.1) is 31.5 Å². The average molecular weight is 331 g/mol. The van der Waals surface area contributed by atoms with Crippen LogP contribution in [0.3, 0.4) is 0 Å². The van der Waals surface area contributed by atoms with Gasteiger partial charge in [0.25, 0.3) is 5.91 Å². The highest BCUT2D eigenvalue weighted by Crippen LogP contribution is 2.19. The second kappa shape index (κ2) is 6.29. The van der Waals surface area contributed by atoms with E-state index in [9.17, 15) is 9.18 Å². The first-order valence-electron chi connectivity index (χ1n) is 7.98. The summed E-state index contributed by atoms with van der Waals surface area (Å²) in [5.41, 5.74) is 1.07. The van der Waals surface area contributed by atoms with Crippen molar-refractivity contribution in [3.05, 3.63) is 47.5 Å². The van der Waals surface area contributed by atoms with Crippen LogP contribution < -0.4 is 5.32 Å². The van der Waals surface area contributed by atoms with Crippen molar-refractivity contribution in [3.8, 4) is 0 Å². The first-order chi connectivity index (χ1) is 11.7. The van der Waals surface area contributed by atoms with Crippen LogP contribution >= 0.6 is 0 Å². The Morgan fingerprint density at radius 1 is 1.42 bits per heavy atom. The van der Waals surface area contributed by atoms with Gasteiger partial charge in [-0.3, -0.25) is 4.79 Å². The zero-order valence-electron chi connectivity index (χ0n) is 13.1. The molecule has 4 rings (SSSR count). The predicted octanol–water partition coefficient (Wildman–Crippen LogP) is 0.278. The lowest BCUT2D eigenvalue weighted by molar-refractivity contribution is -0.0366. The molecule has 7 nitrogen and oxygen atoms in total. The first-order valence-corrected chi connectivity index (χ1v) is 7.98. The number of halogens is 1. The van der Waals surface area contributed by atoms with E-state index in [0.29, 0.717) is 25.4 Å². The monoisotopic (exact) mass is 331 g/mol. The fourth-order valence-corrected chi connectivity index (χ4v) is 3.29. The Hall–Kier alpha value is -2.32. The van der Waals surface area contributed by atoms with Gasteiger partial charge in [-0.25, -0.2) is 9.07 Å². The van der Waals surface area contributed by atoms with Crippen molar-refractivity contribution in [2.45, 2.75) is 18.7 Å². The molecule has 1 N–H and O–H groups in total. The second-order valence-corrected chi connectivity index (χ2v) is 6.06. The van der Waals surface area contributed by atoms with Crippen LogP contribution in [0.15, 0.2) is 30.5 Å². The first kappa shape index (κ1) is 15.2. The molecule has 2 aliphatic rings. The highest BCUT2D eigenvalue weighted by Gasteiger charge is 2.39. The molecular formula is C16H18FN5O2. The van der Waals surface area contributed by atoms with Gasteiger partial charge in [-0.1, -0.05) is 17.3 Å². The lowest BCUT2D eigenvalue weighted by Crippen LogP contribution is -2.53. The molecule has 1 aromatic heterocycles. The van der Waals surface area contributed by atoms with Crippen LogP contribution in [0, 0.1) is 5.82 Å². The normalized spacial score (nSPS) is 23.3. The number of rotatable bonds is 3. The van der Waals surface area contributed by atoms with Crippen molar-refractivity contribution in [3.63, 3.8) is 0 Å². The van der Waals surface area contributed by atoms with E-state index in [0.717, 1.165) is 18.7 Å². The van der Waals surface area contributed by atoms with Gasteiger partial charge in [0.15, 0.2) is 5.69 Å². The zero-order valence-corrected chi connectivity index (χ0v) is 13.1. The van der Waals surface area contributed by atoms with Crippen molar-refractivity contribution in [2.24, 2.45) is 0 Å². The number of hydrogen-bond acceptors (Lipinski definition) is 5. The molecule has 3 heterocycles. The number of nitrogens with zero attached hydrogens (tertiary/aromatic N) is 4. The van der Waals surface area contributed by atoms with Gasteiger partial charge >= 0.3 is 0 Å². The summed E-state index contributed by atoms with van der Waals surface area (Å²) < 4.78 is 20.5. The number of nitrogens with one attached hydrogen (secondary N) is 1. The molecule has 2 aromatic rings. The molecule has 2 atom stereocenters. The summed E-state index contributed by atoms with van der Waals surface area (Å²) in [6.45, 7) is 2.95. The summed E-state index contributed by atoms with van der Waals surface area (Å²) in [4.78, 5) is 14.5. The van der Waals surface area contributed by atoms with E-state index in [1.807, 2.05) is 11.0 Å². The highest BCUT2D eigenvalue weighted by molar-refractivity contribution is 5.92. The number of morpholine rings is 1. The van der Waals surface area contributed by atoms with Crippen LogP contribution in [0.25, 0.3) is 0 Å². The predicted molar refractivity (Wildman–Crippen MR) is 83.0 cm³/mol. The number of hydrogen-bond donors (Lipinski definition) is 1. The van der Waals surface area contributed by atoms with E-state index in [1.165, 1.54) is 12.1 Å². The van der Waals surface area contributed by atoms with E-state index < -0.39 is 0 Å². The zero-order chi connectivity index (χ0) is 16.5. The van der Waals surface area contributed by atoms with Gasteiger partial charge in [-0.2, -0.15) is 0 Å². The van der Waals surface area contributed by atoms with Gasteiger partial charge < -0.3 is 15.0 Å². The molecule has 2 fully saturated rings. The standard InChI is InChI=1S/C16H18FN5O2/c17-12-3-1-2-11(6-12)9-21-10-13(19-20-21)16(23)22-4-5-24-15-8-18-7-14(15)22/h1-3,6,10,14-15,18H,4-5,7-9H2/t14-,15+/m1/s1. The lowest BCUT2D eigenvalue weighted by atomic mass is 10.1. The minimum absolute atomic E-state index is 0.0413. The summed E-state index contributed by atoms with van der Waals surface area (Å²) in [7, 11) is 0. The Balaban J connectivity index is 1.48. The Morgan fingerprint density at radius 2 is 2.33 bits per heavy atom. The number of fused-ring (bicyclic) bond motifs is 1. The van der Waals surface area contributed by atoms with Gasteiger partial charge in [-0.05, 0) is 17.7 Å². The molecule has 0 unspecified atom stereocenters. The van der Waals surface area contributed by atoms with Crippen LogP contribution in [0.5, 0.6) is 0 Å². The van der Waals surface area contributed by atoms with Crippen LogP contribution in [0.4, 0.5) is 4.39 Å². The molecule has 1 amide bonds. The third kappa shape index (κ3) is 2.90. The van der Waals surface area contributed by atoms with E-state index in [-0.39, 0.29) is 23.9 Å². The van der Waals surface area contributed by atoms with Crippen molar-refractivity contribution in [2.75, 3.05) is 26.2 Å². The molecule has 2 aliphatic heterocycles. The van der Waals surface area contributed by atoms with Crippen molar-refractivity contribution in [1.82, 2.24) is 25.2 Å². The average Bonchev–Trinajstić information content (AvgIpc) is 3.23. The molecule has 2 saturated heterocycles. The number of carbonyl (C=O) groups excluding carboxylic acids is 1. The maximum Gasteiger partial charge on any atom is 0.276 e. The summed E-state index contributed by atoms with van der Waals surface area (Å²) in [6, 6.07) is 6.33. The Kier molecular flexibility index (Phi) is 3.99. The van der Waals surface area contributed by atoms with Gasteiger partial charge in [-0.15, -0.1) is 5.10 Å². The van der Waals surface area contributed by atoms with Crippen molar-refractivity contribution >= 4 is 5.91 Å². The van der Waals surface area contributed by atoms with Crippen LogP contribution in [-0.2, 0) is 11.3 Å². The molecule has 126 valence electrons. The third-order valence-corrected chi connectivity index (χ3v) is 4.44. The Labute approximate surface area is 138 Å². The lowest BCUT2D eigenvalue weighted by Gasteiger charge is -2.36. The fraction of sp³-hybridized carbons (Fsp3) is 0.438. The number of ether oxygens (including phenoxy) is 1. The Morgan fingerprint density at radius 3 is 3.21 bits per heavy atom. The Bertz CT molecular complexity index is 750. The summed E-state index contributed by atoms with van der Waals surface area (Å²) in [5.74, 6) is -0.431. The van der Waals surface area contributed by atoms with Crippen LogP contribution in [0.2, 0.25) is 0 Å².